The van der Waals surface area contributed by atoms with E-state index in [9.17, 15) is 18.5 Å². The lowest BCUT2D eigenvalue weighted by molar-refractivity contribution is -0.387. The first-order valence-electron chi connectivity index (χ1n) is 6.21. The molecule has 0 aromatic heterocycles. The third kappa shape index (κ3) is 3.91. The summed E-state index contributed by atoms with van der Waals surface area (Å²) in [4.78, 5) is 9.80. The molecule has 0 heterocycles. The predicted octanol–water partition coefficient (Wildman–Crippen LogP) is 1.90. The molecule has 1 aromatic carbocycles. The summed E-state index contributed by atoms with van der Waals surface area (Å²) in [6.45, 7) is 5.33. The van der Waals surface area contributed by atoms with Crippen LogP contribution in [0.2, 0.25) is 5.02 Å². The van der Waals surface area contributed by atoms with Crippen molar-refractivity contribution in [3.05, 3.63) is 33.3 Å². The maximum Gasteiger partial charge on any atom is 0.290 e. The standard InChI is InChI=1S/C12H18ClN3O4S/c1-8(2)12(3,7-14)15-21(19,20)11-5-4-9(13)6-10(11)16(17)18/h4-6,8,15H,7,14H2,1-3H3. The number of rotatable bonds is 6. The summed E-state index contributed by atoms with van der Waals surface area (Å²) in [5.74, 6) is -0.0939. The zero-order valence-electron chi connectivity index (χ0n) is 12.0. The van der Waals surface area contributed by atoms with E-state index in [0.717, 1.165) is 12.1 Å². The van der Waals surface area contributed by atoms with Gasteiger partial charge in [0.05, 0.1) is 4.92 Å². The average molecular weight is 336 g/mol. The van der Waals surface area contributed by atoms with Gasteiger partial charge < -0.3 is 5.73 Å². The normalized spacial score (nSPS) is 15.0. The number of nitrogens with two attached hydrogens (primary N) is 1. The Kier molecular flexibility index (Phi) is 5.32. The topological polar surface area (TPSA) is 115 Å². The second kappa shape index (κ2) is 6.27. The molecule has 0 aliphatic rings. The third-order valence-electron chi connectivity index (χ3n) is 3.47. The van der Waals surface area contributed by atoms with Gasteiger partial charge in [-0.15, -0.1) is 0 Å². The van der Waals surface area contributed by atoms with E-state index in [0.29, 0.717) is 0 Å². The van der Waals surface area contributed by atoms with Crippen LogP contribution in [0.1, 0.15) is 20.8 Å². The van der Waals surface area contributed by atoms with Crippen molar-refractivity contribution < 1.29 is 13.3 Å². The van der Waals surface area contributed by atoms with E-state index in [1.54, 1.807) is 6.92 Å². The van der Waals surface area contributed by atoms with Crippen LogP contribution in [0.25, 0.3) is 0 Å². The molecule has 0 saturated heterocycles. The number of hydrogen-bond acceptors (Lipinski definition) is 5. The van der Waals surface area contributed by atoms with Gasteiger partial charge >= 0.3 is 0 Å². The summed E-state index contributed by atoms with van der Waals surface area (Å²) < 4.78 is 27.3. The molecule has 0 fully saturated rings. The summed E-state index contributed by atoms with van der Waals surface area (Å²) in [5.41, 5.74) is 4.15. The smallest absolute Gasteiger partial charge is 0.290 e. The van der Waals surface area contributed by atoms with Gasteiger partial charge in [0.2, 0.25) is 10.0 Å². The molecule has 0 radical (unpaired) electrons. The van der Waals surface area contributed by atoms with E-state index >= 15 is 0 Å². The van der Waals surface area contributed by atoms with E-state index < -0.39 is 31.1 Å². The molecule has 0 saturated carbocycles. The molecule has 0 spiro atoms. The van der Waals surface area contributed by atoms with Crippen molar-refractivity contribution in [2.45, 2.75) is 31.2 Å². The van der Waals surface area contributed by atoms with Crippen LogP contribution in [0, 0.1) is 16.0 Å². The highest BCUT2D eigenvalue weighted by Gasteiger charge is 2.35. The van der Waals surface area contributed by atoms with Gasteiger partial charge in [-0.1, -0.05) is 25.4 Å². The largest absolute Gasteiger partial charge is 0.329 e. The van der Waals surface area contributed by atoms with Crippen molar-refractivity contribution in [2.24, 2.45) is 11.7 Å². The molecule has 0 amide bonds. The fourth-order valence-electron chi connectivity index (χ4n) is 1.62. The van der Waals surface area contributed by atoms with Crippen molar-refractivity contribution in [1.29, 1.82) is 0 Å². The van der Waals surface area contributed by atoms with Gasteiger partial charge in [0.25, 0.3) is 5.69 Å². The number of sulfonamides is 1. The molecule has 7 nitrogen and oxygen atoms in total. The average Bonchev–Trinajstić information content (AvgIpc) is 2.37. The van der Waals surface area contributed by atoms with Crippen LogP contribution in [-0.4, -0.2) is 25.4 Å². The van der Waals surface area contributed by atoms with E-state index in [1.165, 1.54) is 6.07 Å². The van der Waals surface area contributed by atoms with Crippen molar-refractivity contribution in [3.8, 4) is 0 Å². The lowest BCUT2D eigenvalue weighted by atomic mass is 9.90. The van der Waals surface area contributed by atoms with E-state index in [-0.39, 0.29) is 17.5 Å². The Balaban J connectivity index is 3.36. The minimum absolute atomic E-state index is 0.0608. The Morgan fingerprint density at radius 3 is 2.48 bits per heavy atom. The molecule has 9 heteroatoms. The van der Waals surface area contributed by atoms with Gasteiger partial charge in [-0.25, -0.2) is 13.1 Å². The van der Waals surface area contributed by atoms with Crippen molar-refractivity contribution in [1.82, 2.24) is 4.72 Å². The second-order valence-electron chi connectivity index (χ2n) is 5.25. The number of nitrogens with one attached hydrogen (secondary N) is 1. The molecule has 0 aliphatic heterocycles. The monoisotopic (exact) mass is 335 g/mol. The molecule has 118 valence electrons. The van der Waals surface area contributed by atoms with Crippen molar-refractivity contribution >= 4 is 27.3 Å². The molecule has 3 N–H and O–H groups in total. The summed E-state index contributed by atoms with van der Waals surface area (Å²) >= 11 is 5.68. The van der Waals surface area contributed by atoms with Gasteiger partial charge in [-0.05, 0) is 25.0 Å². The molecular formula is C12H18ClN3O4S. The van der Waals surface area contributed by atoms with Gasteiger partial charge in [-0.2, -0.15) is 0 Å². The lowest BCUT2D eigenvalue weighted by Crippen LogP contribution is -2.54. The molecule has 0 bridgehead atoms. The Hall–Kier alpha value is -1.22. The van der Waals surface area contributed by atoms with Gasteiger partial charge in [0.1, 0.15) is 0 Å². The first-order valence-corrected chi connectivity index (χ1v) is 8.07. The SMILES string of the molecule is CC(C)C(C)(CN)NS(=O)(=O)c1ccc(Cl)cc1[N+](=O)[O-]. The molecule has 1 atom stereocenters. The summed E-state index contributed by atoms with van der Waals surface area (Å²) in [5, 5.41) is 11.1. The highest BCUT2D eigenvalue weighted by molar-refractivity contribution is 7.89. The third-order valence-corrected chi connectivity index (χ3v) is 5.37. The predicted molar refractivity (Wildman–Crippen MR) is 80.7 cm³/mol. The zero-order valence-corrected chi connectivity index (χ0v) is 13.5. The highest BCUT2D eigenvalue weighted by atomic mass is 35.5. The van der Waals surface area contributed by atoms with Crippen LogP contribution >= 0.6 is 11.6 Å². The van der Waals surface area contributed by atoms with Crippen LogP contribution in [0.3, 0.4) is 0 Å². The Labute approximate surface area is 128 Å². The Bertz CT molecular complexity index is 648. The summed E-state index contributed by atoms with van der Waals surface area (Å²) in [6, 6.07) is 3.41. The Morgan fingerprint density at radius 2 is 2.05 bits per heavy atom. The van der Waals surface area contributed by atoms with E-state index in [2.05, 4.69) is 4.72 Å². The van der Waals surface area contributed by atoms with Crippen LogP contribution < -0.4 is 10.5 Å². The number of nitro benzene ring substituents is 1. The quantitative estimate of drug-likeness (QED) is 0.608. The maximum atomic E-state index is 12.4. The van der Waals surface area contributed by atoms with E-state index in [1.807, 2.05) is 13.8 Å². The van der Waals surface area contributed by atoms with Gasteiger partial charge in [0, 0.05) is 23.2 Å². The van der Waals surface area contributed by atoms with Crippen LogP contribution in [0.4, 0.5) is 5.69 Å². The molecule has 0 aliphatic carbocycles. The molecule has 1 unspecified atom stereocenters. The van der Waals surface area contributed by atoms with Crippen molar-refractivity contribution in [2.75, 3.05) is 6.54 Å². The molecule has 1 aromatic rings. The summed E-state index contributed by atoms with van der Waals surface area (Å²) in [7, 11) is -4.10. The minimum atomic E-state index is -4.10. The molecular weight excluding hydrogens is 318 g/mol. The van der Waals surface area contributed by atoms with Gasteiger partial charge in [0.15, 0.2) is 4.90 Å². The van der Waals surface area contributed by atoms with Crippen molar-refractivity contribution in [3.63, 3.8) is 0 Å². The number of hydrogen-bond donors (Lipinski definition) is 2. The zero-order chi connectivity index (χ0) is 16.4. The van der Waals surface area contributed by atoms with Crippen LogP contribution in [-0.2, 0) is 10.0 Å². The first-order chi connectivity index (χ1) is 9.53. The number of halogens is 1. The summed E-state index contributed by atoms with van der Waals surface area (Å²) in [6.07, 6.45) is 0. The van der Waals surface area contributed by atoms with Gasteiger partial charge in [-0.3, -0.25) is 10.1 Å². The van der Waals surface area contributed by atoms with Crippen LogP contribution in [0.15, 0.2) is 23.1 Å². The maximum absolute atomic E-state index is 12.4. The first kappa shape index (κ1) is 17.8. The minimum Gasteiger partial charge on any atom is -0.329 e. The second-order valence-corrected chi connectivity index (χ2v) is 7.34. The number of benzene rings is 1. The van der Waals surface area contributed by atoms with Crippen LogP contribution in [0.5, 0.6) is 0 Å². The molecule has 21 heavy (non-hydrogen) atoms. The highest BCUT2D eigenvalue weighted by Crippen LogP contribution is 2.28. The number of nitrogens with zero attached hydrogens (tertiary/aromatic N) is 1. The lowest BCUT2D eigenvalue weighted by Gasteiger charge is -2.32. The number of nitro groups is 1. The van der Waals surface area contributed by atoms with E-state index in [4.69, 9.17) is 17.3 Å². The fraction of sp³-hybridized carbons (Fsp3) is 0.500. The fourth-order valence-corrected chi connectivity index (χ4v) is 3.48. The Morgan fingerprint density at radius 1 is 1.48 bits per heavy atom. The molecule has 1 rings (SSSR count).